The largest absolute Gasteiger partial charge is 0.480 e. The first-order chi connectivity index (χ1) is 7.87. The topological polar surface area (TPSA) is 84.2 Å². The van der Waals surface area contributed by atoms with Crippen LogP contribution in [-0.2, 0) is 11.8 Å². The molecule has 2 N–H and O–H groups in total. The summed E-state index contributed by atoms with van der Waals surface area (Å²) in [6, 6.07) is 0. The molecule has 1 fully saturated rings. The number of aliphatic carboxylic acids is 1. The molecule has 7 heteroatoms. The second kappa shape index (κ2) is 3.73. The van der Waals surface area contributed by atoms with E-state index in [1.807, 2.05) is 0 Å². The molecule has 0 aliphatic heterocycles. The SMILES string of the molecule is Cc1nn(C)c(C(=O)NC2(C(=O)O)CC2)c1Cl. The average Bonchev–Trinajstić information content (AvgIpc) is 2.93. The highest BCUT2D eigenvalue weighted by Gasteiger charge is 2.52. The molecule has 1 saturated carbocycles. The maximum Gasteiger partial charge on any atom is 0.329 e. The summed E-state index contributed by atoms with van der Waals surface area (Å²) in [4.78, 5) is 22.9. The van der Waals surface area contributed by atoms with E-state index in [0.717, 1.165) is 0 Å². The number of carboxylic acid groups (broad SMARTS) is 1. The summed E-state index contributed by atoms with van der Waals surface area (Å²) in [5.74, 6) is -1.51. The third kappa shape index (κ3) is 1.88. The van der Waals surface area contributed by atoms with Crippen LogP contribution in [0.4, 0.5) is 0 Å². The Labute approximate surface area is 103 Å². The highest BCUT2D eigenvalue weighted by Crippen LogP contribution is 2.36. The Morgan fingerprint density at radius 1 is 1.53 bits per heavy atom. The molecule has 0 spiro atoms. The van der Waals surface area contributed by atoms with Gasteiger partial charge in [-0.15, -0.1) is 0 Å². The lowest BCUT2D eigenvalue weighted by Crippen LogP contribution is -2.43. The molecule has 0 saturated heterocycles. The van der Waals surface area contributed by atoms with Crippen LogP contribution in [0.25, 0.3) is 0 Å². The number of hydrogen-bond acceptors (Lipinski definition) is 3. The third-order valence-corrected chi connectivity index (χ3v) is 3.33. The molecule has 0 unspecified atom stereocenters. The summed E-state index contributed by atoms with van der Waals surface area (Å²) in [5, 5.41) is 15.7. The molecule has 0 aromatic carbocycles. The van der Waals surface area contributed by atoms with Crippen molar-refractivity contribution in [1.29, 1.82) is 0 Å². The van der Waals surface area contributed by atoms with E-state index >= 15 is 0 Å². The normalized spacial score (nSPS) is 16.6. The molecule has 6 nitrogen and oxygen atoms in total. The van der Waals surface area contributed by atoms with E-state index in [9.17, 15) is 9.59 Å². The van der Waals surface area contributed by atoms with Crippen molar-refractivity contribution < 1.29 is 14.7 Å². The van der Waals surface area contributed by atoms with E-state index in [-0.39, 0.29) is 10.7 Å². The van der Waals surface area contributed by atoms with E-state index in [4.69, 9.17) is 16.7 Å². The number of nitrogens with zero attached hydrogens (tertiary/aromatic N) is 2. The molecular weight excluding hydrogens is 246 g/mol. The van der Waals surface area contributed by atoms with Gasteiger partial charge in [-0.05, 0) is 19.8 Å². The molecule has 1 aromatic rings. The highest BCUT2D eigenvalue weighted by atomic mass is 35.5. The Bertz CT molecular complexity index is 505. The summed E-state index contributed by atoms with van der Waals surface area (Å²) < 4.78 is 1.35. The molecule has 0 bridgehead atoms. The summed E-state index contributed by atoms with van der Waals surface area (Å²) in [7, 11) is 1.59. The monoisotopic (exact) mass is 257 g/mol. The summed E-state index contributed by atoms with van der Waals surface area (Å²) in [5.41, 5.74) is -0.380. The number of carbonyl (C=O) groups excluding carboxylic acids is 1. The fourth-order valence-corrected chi connectivity index (χ4v) is 1.92. The highest BCUT2D eigenvalue weighted by molar-refractivity contribution is 6.34. The number of halogens is 1. The third-order valence-electron chi connectivity index (χ3n) is 2.88. The molecule has 1 heterocycles. The van der Waals surface area contributed by atoms with E-state index in [1.54, 1.807) is 14.0 Å². The van der Waals surface area contributed by atoms with Crippen molar-refractivity contribution in [2.24, 2.45) is 7.05 Å². The molecule has 1 amide bonds. The zero-order chi connectivity index (χ0) is 12.8. The number of carboxylic acids is 1. The summed E-state index contributed by atoms with van der Waals surface area (Å²) in [6.45, 7) is 1.68. The Balaban J connectivity index is 2.24. The Hall–Kier alpha value is -1.56. The predicted octanol–water partition coefficient (Wildman–Crippen LogP) is 0.729. The van der Waals surface area contributed by atoms with Gasteiger partial charge in [0.15, 0.2) is 0 Å². The Morgan fingerprint density at radius 3 is 2.47 bits per heavy atom. The Kier molecular flexibility index (Phi) is 2.61. The van der Waals surface area contributed by atoms with Crippen LogP contribution in [0.15, 0.2) is 0 Å². The van der Waals surface area contributed by atoms with Gasteiger partial charge in [0.2, 0.25) is 0 Å². The lowest BCUT2D eigenvalue weighted by molar-refractivity contribution is -0.140. The minimum atomic E-state index is -1.11. The van der Waals surface area contributed by atoms with E-state index in [1.165, 1.54) is 4.68 Å². The summed E-state index contributed by atoms with van der Waals surface area (Å²) >= 11 is 5.95. The number of rotatable bonds is 3. The minimum Gasteiger partial charge on any atom is -0.480 e. The van der Waals surface area contributed by atoms with Gasteiger partial charge < -0.3 is 10.4 Å². The van der Waals surface area contributed by atoms with Crippen LogP contribution in [0.5, 0.6) is 0 Å². The number of amides is 1. The molecule has 1 aromatic heterocycles. The predicted molar refractivity (Wildman–Crippen MR) is 60.0 cm³/mol. The van der Waals surface area contributed by atoms with Gasteiger partial charge in [0.25, 0.3) is 5.91 Å². The van der Waals surface area contributed by atoms with Crippen molar-refractivity contribution in [2.75, 3.05) is 0 Å². The smallest absolute Gasteiger partial charge is 0.329 e. The first kappa shape index (κ1) is 11.9. The van der Waals surface area contributed by atoms with Gasteiger partial charge in [0, 0.05) is 7.05 Å². The van der Waals surface area contributed by atoms with Crippen LogP contribution < -0.4 is 5.32 Å². The first-order valence-corrected chi connectivity index (χ1v) is 5.50. The molecule has 17 heavy (non-hydrogen) atoms. The maximum absolute atomic E-state index is 11.9. The van der Waals surface area contributed by atoms with Crippen LogP contribution in [0.2, 0.25) is 5.02 Å². The van der Waals surface area contributed by atoms with Gasteiger partial charge >= 0.3 is 5.97 Å². The van der Waals surface area contributed by atoms with Crippen molar-refractivity contribution in [1.82, 2.24) is 15.1 Å². The molecule has 92 valence electrons. The maximum atomic E-state index is 11.9. The van der Waals surface area contributed by atoms with Gasteiger partial charge in [-0.25, -0.2) is 4.79 Å². The molecule has 0 radical (unpaired) electrons. The van der Waals surface area contributed by atoms with Gasteiger partial charge in [0.1, 0.15) is 11.2 Å². The van der Waals surface area contributed by atoms with Crippen LogP contribution >= 0.6 is 11.6 Å². The fraction of sp³-hybridized carbons (Fsp3) is 0.500. The van der Waals surface area contributed by atoms with Gasteiger partial charge in [0.05, 0.1) is 10.7 Å². The second-order valence-electron chi connectivity index (χ2n) is 4.21. The van der Waals surface area contributed by atoms with E-state index < -0.39 is 17.4 Å². The lowest BCUT2D eigenvalue weighted by atomic mass is 10.2. The van der Waals surface area contributed by atoms with E-state index in [0.29, 0.717) is 18.5 Å². The zero-order valence-corrected chi connectivity index (χ0v) is 10.2. The molecule has 1 aliphatic rings. The van der Waals surface area contributed by atoms with Gasteiger partial charge in [-0.1, -0.05) is 11.6 Å². The molecule has 0 atom stereocenters. The van der Waals surface area contributed by atoms with Crippen LogP contribution in [-0.4, -0.2) is 32.3 Å². The van der Waals surface area contributed by atoms with Crippen molar-refractivity contribution >= 4 is 23.5 Å². The zero-order valence-electron chi connectivity index (χ0n) is 9.45. The first-order valence-electron chi connectivity index (χ1n) is 5.12. The number of nitrogens with one attached hydrogen (secondary N) is 1. The van der Waals surface area contributed by atoms with E-state index in [2.05, 4.69) is 10.4 Å². The van der Waals surface area contributed by atoms with Crippen molar-refractivity contribution in [3.63, 3.8) is 0 Å². The minimum absolute atomic E-state index is 0.191. The molecule has 2 rings (SSSR count). The fourth-order valence-electron chi connectivity index (χ4n) is 1.67. The average molecular weight is 258 g/mol. The number of aromatic nitrogens is 2. The molecular formula is C10H12ClN3O3. The van der Waals surface area contributed by atoms with Crippen molar-refractivity contribution in [3.05, 3.63) is 16.4 Å². The van der Waals surface area contributed by atoms with Crippen LogP contribution in [0, 0.1) is 6.92 Å². The van der Waals surface area contributed by atoms with Crippen LogP contribution in [0.1, 0.15) is 29.0 Å². The number of hydrogen-bond donors (Lipinski definition) is 2. The molecule has 1 aliphatic carbocycles. The van der Waals surface area contributed by atoms with Crippen molar-refractivity contribution in [2.45, 2.75) is 25.3 Å². The second-order valence-corrected chi connectivity index (χ2v) is 4.59. The quantitative estimate of drug-likeness (QED) is 0.836. The van der Waals surface area contributed by atoms with Crippen molar-refractivity contribution in [3.8, 4) is 0 Å². The van der Waals surface area contributed by atoms with Crippen LogP contribution in [0.3, 0.4) is 0 Å². The number of aryl methyl sites for hydroxylation is 2. The van der Waals surface area contributed by atoms with Gasteiger partial charge in [-0.3, -0.25) is 9.48 Å². The lowest BCUT2D eigenvalue weighted by Gasteiger charge is -2.12. The standard InChI is InChI=1S/C10H12ClN3O3/c1-5-6(11)7(14(2)13-5)8(15)12-10(3-4-10)9(16)17/h3-4H2,1-2H3,(H,12,15)(H,16,17). The van der Waals surface area contributed by atoms with Gasteiger partial charge in [-0.2, -0.15) is 5.10 Å². The Morgan fingerprint density at radius 2 is 2.12 bits per heavy atom. The number of carbonyl (C=O) groups is 2. The summed E-state index contributed by atoms with van der Waals surface area (Å²) in [6.07, 6.45) is 0.894.